The minimum Gasteiger partial charge on any atom is -0.480 e. The topological polar surface area (TPSA) is 166 Å². The largest absolute Gasteiger partial charge is 0.480 e. The zero-order valence-electron chi connectivity index (χ0n) is 22.1. The Morgan fingerprint density at radius 1 is 0.900 bits per heavy atom. The van der Waals surface area contributed by atoms with Crippen molar-refractivity contribution in [3.05, 3.63) is 71.9 Å². The number of hydrogen-bond donors (Lipinski definition) is 7. The second-order valence-electron chi connectivity index (χ2n) is 9.35. The van der Waals surface area contributed by atoms with E-state index >= 15 is 0 Å². The van der Waals surface area contributed by atoms with E-state index in [1.54, 1.807) is 18.0 Å². The number of nitrogens with two attached hydrogens (primary N) is 1. The van der Waals surface area contributed by atoms with E-state index in [0.717, 1.165) is 22.0 Å². The molecular weight excluding hydrogens is 550 g/mol. The second kappa shape index (κ2) is 15.3. The van der Waals surface area contributed by atoms with Crippen molar-refractivity contribution in [2.45, 2.75) is 43.4 Å². The van der Waals surface area contributed by atoms with E-state index in [4.69, 9.17) is 5.73 Å². The fraction of sp³-hybridized carbons (Fsp3) is 0.357. The Kier molecular flexibility index (Phi) is 11.9. The number of carbonyl (C=O) groups is 4. The summed E-state index contributed by atoms with van der Waals surface area (Å²) in [5, 5.41) is 18.3. The highest BCUT2D eigenvalue weighted by Crippen LogP contribution is 2.19. The average molecular weight is 586 g/mol. The van der Waals surface area contributed by atoms with Gasteiger partial charge in [0.15, 0.2) is 0 Å². The number of amides is 3. The molecule has 1 aromatic heterocycles. The summed E-state index contributed by atoms with van der Waals surface area (Å²) in [6, 6.07) is 12.5. The first-order valence-electron chi connectivity index (χ1n) is 12.8. The van der Waals surface area contributed by atoms with Gasteiger partial charge in [-0.3, -0.25) is 14.4 Å². The number of fused-ring (bicyclic) bond motifs is 1. The van der Waals surface area contributed by atoms with Crippen LogP contribution in [0.4, 0.5) is 0 Å². The maximum Gasteiger partial charge on any atom is 0.327 e. The van der Waals surface area contributed by atoms with E-state index in [0.29, 0.717) is 12.2 Å². The van der Waals surface area contributed by atoms with Crippen molar-refractivity contribution in [2.75, 3.05) is 17.8 Å². The van der Waals surface area contributed by atoms with Gasteiger partial charge in [0, 0.05) is 35.7 Å². The summed E-state index contributed by atoms with van der Waals surface area (Å²) < 4.78 is 0. The van der Waals surface area contributed by atoms with Gasteiger partial charge in [0.05, 0.1) is 6.04 Å². The Labute approximate surface area is 242 Å². The number of aromatic nitrogens is 1. The summed E-state index contributed by atoms with van der Waals surface area (Å²) in [5.41, 5.74) is 8.47. The van der Waals surface area contributed by atoms with Crippen molar-refractivity contribution in [3.8, 4) is 0 Å². The monoisotopic (exact) mass is 585 g/mol. The standard InChI is InChI=1S/C28H35N5O5S2/c1-40-12-11-20(29)25(34)31-22(13-17-7-3-2-4-8-17)26(35)32-23(27(36)33-24(16-39)28(37)38)14-18-15-30-21-10-6-5-9-19(18)21/h2-10,15,20,22-24,30,39H,11-14,16,29H2,1H3,(H,31,34)(H,32,35)(H,33,36)(H,37,38). The van der Waals surface area contributed by atoms with Crippen LogP contribution in [-0.4, -0.2) is 75.7 Å². The van der Waals surface area contributed by atoms with Gasteiger partial charge >= 0.3 is 5.97 Å². The van der Waals surface area contributed by atoms with Crippen molar-refractivity contribution in [1.29, 1.82) is 0 Å². The van der Waals surface area contributed by atoms with Gasteiger partial charge in [-0.15, -0.1) is 0 Å². The molecule has 3 aromatic rings. The molecule has 3 rings (SSSR count). The van der Waals surface area contributed by atoms with Crippen LogP contribution in [0.2, 0.25) is 0 Å². The highest BCUT2D eigenvalue weighted by molar-refractivity contribution is 7.98. The average Bonchev–Trinajstić information content (AvgIpc) is 3.36. The summed E-state index contributed by atoms with van der Waals surface area (Å²) in [7, 11) is 0. The molecule has 214 valence electrons. The Morgan fingerprint density at radius 3 is 2.15 bits per heavy atom. The van der Waals surface area contributed by atoms with Gasteiger partial charge < -0.3 is 31.8 Å². The van der Waals surface area contributed by atoms with Gasteiger partial charge in [-0.05, 0) is 35.6 Å². The van der Waals surface area contributed by atoms with Gasteiger partial charge in [-0.25, -0.2) is 4.79 Å². The van der Waals surface area contributed by atoms with E-state index < -0.39 is 47.9 Å². The van der Waals surface area contributed by atoms with E-state index in [-0.39, 0.29) is 18.6 Å². The van der Waals surface area contributed by atoms with Crippen LogP contribution in [0.1, 0.15) is 17.5 Å². The molecule has 0 saturated carbocycles. The lowest BCUT2D eigenvalue weighted by molar-refractivity contribution is -0.141. The molecule has 0 aliphatic rings. The number of benzene rings is 2. The fourth-order valence-corrected chi connectivity index (χ4v) is 4.91. The van der Waals surface area contributed by atoms with Crippen LogP contribution in [0.3, 0.4) is 0 Å². The number of carboxylic acids is 1. The van der Waals surface area contributed by atoms with Gasteiger partial charge in [-0.1, -0.05) is 48.5 Å². The molecular formula is C28H35N5O5S2. The molecule has 3 amide bonds. The van der Waals surface area contributed by atoms with Crippen LogP contribution in [0.15, 0.2) is 60.8 Å². The molecule has 0 aliphatic heterocycles. The third kappa shape index (κ3) is 8.77. The van der Waals surface area contributed by atoms with E-state index in [1.807, 2.05) is 60.9 Å². The van der Waals surface area contributed by atoms with Crippen molar-refractivity contribution in [1.82, 2.24) is 20.9 Å². The number of carboxylic acid groups (broad SMARTS) is 1. The zero-order chi connectivity index (χ0) is 29.1. The van der Waals surface area contributed by atoms with Gasteiger partial charge in [0.2, 0.25) is 17.7 Å². The Bertz CT molecular complexity index is 1300. The number of H-pyrrole nitrogens is 1. The third-order valence-electron chi connectivity index (χ3n) is 6.41. The van der Waals surface area contributed by atoms with Crippen molar-refractivity contribution >= 4 is 59.0 Å². The number of hydrogen-bond acceptors (Lipinski definition) is 7. The quantitative estimate of drug-likeness (QED) is 0.133. The predicted octanol–water partition coefficient (Wildman–Crippen LogP) is 1.50. The lowest BCUT2D eigenvalue weighted by Gasteiger charge is -2.25. The molecule has 7 N–H and O–H groups in total. The zero-order valence-corrected chi connectivity index (χ0v) is 23.8. The Morgan fingerprint density at radius 2 is 1.50 bits per heavy atom. The summed E-state index contributed by atoms with van der Waals surface area (Å²) in [5.74, 6) is -2.42. The van der Waals surface area contributed by atoms with Crippen molar-refractivity contribution < 1.29 is 24.3 Å². The molecule has 10 nitrogen and oxygen atoms in total. The molecule has 4 unspecified atom stereocenters. The van der Waals surface area contributed by atoms with Crippen LogP contribution in [-0.2, 0) is 32.0 Å². The number of thiol groups is 1. The number of aliphatic carboxylic acids is 1. The van der Waals surface area contributed by atoms with Crippen LogP contribution in [0, 0.1) is 0 Å². The van der Waals surface area contributed by atoms with Gasteiger partial charge in [0.25, 0.3) is 0 Å². The molecule has 0 aliphatic carbocycles. The molecule has 4 atom stereocenters. The molecule has 0 fully saturated rings. The molecule has 0 radical (unpaired) electrons. The first kappa shape index (κ1) is 31.1. The summed E-state index contributed by atoms with van der Waals surface area (Å²) in [6.07, 6.45) is 4.36. The van der Waals surface area contributed by atoms with Crippen LogP contribution in [0.25, 0.3) is 10.9 Å². The number of carbonyl (C=O) groups excluding carboxylic acids is 3. The number of rotatable bonds is 15. The van der Waals surface area contributed by atoms with Crippen molar-refractivity contribution in [2.24, 2.45) is 5.73 Å². The lowest BCUT2D eigenvalue weighted by Crippen LogP contribution is -2.58. The summed E-state index contributed by atoms with van der Waals surface area (Å²) >= 11 is 5.59. The molecule has 40 heavy (non-hydrogen) atoms. The minimum atomic E-state index is -1.24. The molecule has 2 aromatic carbocycles. The summed E-state index contributed by atoms with van der Waals surface area (Å²) in [4.78, 5) is 54.5. The fourth-order valence-electron chi connectivity index (χ4n) is 4.17. The predicted molar refractivity (Wildman–Crippen MR) is 160 cm³/mol. The highest BCUT2D eigenvalue weighted by Gasteiger charge is 2.31. The normalized spacial score (nSPS) is 14.1. The number of thioether (sulfide) groups is 1. The van der Waals surface area contributed by atoms with Crippen LogP contribution >= 0.6 is 24.4 Å². The molecule has 0 spiro atoms. The summed E-state index contributed by atoms with van der Waals surface area (Å²) in [6.45, 7) is 0. The van der Waals surface area contributed by atoms with Gasteiger partial charge in [0.1, 0.15) is 18.1 Å². The molecule has 0 bridgehead atoms. The highest BCUT2D eigenvalue weighted by atomic mass is 32.2. The van der Waals surface area contributed by atoms with Gasteiger partial charge in [-0.2, -0.15) is 24.4 Å². The van der Waals surface area contributed by atoms with Crippen LogP contribution < -0.4 is 21.7 Å². The minimum absolute atomic E-state index is 0.0831. The van der Waals surface area contributed by atoms with Crippen LogP contribution in [0.5, 0.6) is 0 Å². The molecule has 0 saturated heterocycles. The molecule has 12 heteroatoms. The first-order chi connectivity index (χ1) is 19.2. The SMILES string of the molecule is CSCCC(N)C(=O)NC(Cc1ccccc1)C(=O)NC(Cc1c[nH]c2ccccc12)C(=O)NC(CS)C(=O)O. The Balaban J connectivity index is 1.87. The van der Waals surface area contributed by atoms with E-state index in [9.17, 15) is 24.3 Å². The first-order valence-corrected chi connectivity index (χ1v) is 14.8. The number of nitrogens with one attached hydrogen (secondary N) is 4. The number of aromatic amines is 1. The maximum atomic E-state index is 13.6. The van der Waals surface area contributed by atoms with E-state index in [2.05, 4.69) is 33.6 Å². The Hall–Kier alpha value is -3.48. The van der Waals surface area contributed by atoms with Crippen molar-refractivity contribution in [3.63, 3.8) is 0 Å². The second-order valence-corrected chi connectivity index (χ2v) is 10.7. The number of para-hydroxylation sites is 1. The smallest absolute Gasteiger partial charge is 0.327 e. The maximum absolute atomic E-state index is 13.6. The van der Waals surface area contributed by atoms with E-state index in [1.165, 1.54) is 0 Å². The third-order valence-corrected chi connectivity index (χ3v) is 7.42. The molecule has 1 heterocycles. The lowest BCUT2D eigenvalue weighted by atomic mass is 10.0.